The lowest BCUT2D eigenvalue weighted by atomic mass is 10.3. The number of ether oxygens (including phenoxy) is 2. The highest BCUT2D eigenvalue weighted by Crippen LogP contribution is 2.18. The molecule has 1 aliphatic rings. The van der Waals surface area contributed by atoms with E-state index < -0.39 is 8.80 Å². The first-order valence-corrected chi connectivity index (χ1v) is 12.1. The highest BCUT2D eigenvalue weighted by molar-refractivity contribution is 6.60. The Hall–Kier alpha value is -0.746. The molecule has 1 atom stereocenters. The molecule has 0 bridgehead atoms. The number of epoxide rings is 1. The van der Waals surface area contributed by atoms with Gasteiger partial charge in [0.2, 0.25) is 10.5 Å². The fraction of sp³-hybridized carbons (Fsp3) is 0.667. The van der Waals surface area contributed by atoms with Crippen LogP contribution in [-0.4, -0.2) is 65.0 Å². The molecular formula is C18H34O6Si2. The normalized spacial score (nSPS) is 16.0. The minimum atomic E-state index is -2.47. The smallest absolute Gasteiger partial charge is 0.501 e. The molecule has 0 saturated carbocycles. The van der Waals surface area contributed by atoms with E-state index in [1.54, 1.807) is 0 Å². The standard InChI is InChI=1S/C12H26O5Si.C6H8OSi/c1-4-15-18(16-5-2,17-6-3)9-7-8-13-10-12-11-14-12;8-7-6-4-2-1-3-5-6/h12H,4-11H2,1-3H3;1-5H,8H3. The van der Waals surface area contributed by atoms with Crippen molar-refractivity contribution < 1.29 is 27.2 Å². The maximum Gasteiger partial charge on any atom is 0.501 e. The molecule has 1 unspecified atom stereocenters. The molecule has 8 heteroatoms. The molecule has 1 aromatic carbocycles. The van der Waals surface area contributed by atoms with E-state index in [1.807, 2.05) is 51.1 Å². The van der Waals surface area contributed by atoms with Gasteiger partial charge in [0, 0.05) is 32.5 Å². The molecule has 0 aromatic heterocycles. The molecule has 1 heterocycles. The third kappa shape index (κ3) is 10.4. The van der Waals surface area contributed by atoms with Gasteiger partial charge in [-0.25, -0.2) is 0 Å². The molecule has 0 spiro atoms. The van der Waals surface area contributed by atoms with Gasteiger partial charge in [-0.15, -0.1) is 0 Å². The molecule has 6 nitrogen and oxygen atoms in total. The molecule has 0 amide bonds. The Balaban J connectivity index is 0.000000350. The lowest BCUT2D eigenvalue weighted by molar-refractivity contribution is 0.0648. The quantitative estimate of drug-likeness (QED) is 0.286. The zero-order valence-electron chi connectivity index (χ0n) is 16.6. The molecule has 0 N–H and O–H groups in total. The second-order valence-electron chi connectivity index (χ2n) is 5.63. The van der Waals surface area contributed by atoms with E-state index in [2.05, 4.69) is 0 Å². The first kappa shape index (κ1) is 23.3. The molecule has 1 aliphatic heterocycles. The van der Waals surface area contributed by atoms with Gasteiger partial charge in [0.1, 0.15) is 11.9 Å². The van der Waals surface area contributed by atoms with Crippen LogP contribution in [0.5, 0.6) is 5.75 Å². The van der Waals surface area contributed by atoms with Crippen molar-refractivity contribution in [3.63, 3.8) is 0 Å². The Kier molecular flexibility index (Phi) is 12.8. The van der Waals surface area contributed by atoms with Crippen molar-refractivity contribution in [3.8, 4) is 5.75 Å². The lowest BCUT2D eigenvalue weighted by Crippen LogP contribution is -2.46. The van der Waals surface area contributed by atoms with Crippen molar-refractivity contribution in [2.24, 2.45) is 0 Å². The average Bonchev–Trinajstić information content (AvgIpc) is 3.48. The molecule has 150 valence electrons. The second kappa shape index (κ2) is 14.3. The van der Waals surface area contributed by atoms with Gasteiger partial charge in [-0.2, -0.15) is 0 Å². The Bertz CT molecular complexity index is 428. The Morgan fingerprint density at radius 1 is 1.04 bits per heavy atom. The van der Waals surface area contributed by atoms with Crippen LogP contribution in [0.15, 0.2) is 30.3 Å². The summed E-state index contributed by atoms with van der Waals surface area (Å²) in [5, 5.41) is 0. The van der Waals surface area contributed by atoms with Crippen molar-refractivity contribution >= 4 is 19.3 Å². The zero-order valence-corrected chi connectivity index (χ0v) is 19.6. The fourth-order valence-corrected chi connectivity index (χ4v) is 5.18. The average molecular weight is 403 g/mol. The summed E-state index contributed by atoms with van der Waals surface area (Å²) < 4.78 is 32.9. The summed E-state index contributed by atoms with van der Waals surface area (Å²) in [7, 11) is -1.69. The Morgan fingerprint density at radius 3 is 2.04 bits per heavy atom. The van der Waals surface area contributed by atoms with Crippen LogP contribution < -0.4 is 4.43 Å². The first-order chi connectivity index (χ1) is 12.7. The van der Waals surface area contributed by atoms with E-state index in [0.717, 1.165) is 35.3 Å². The van der Waals surface area contributed by atoms with Crippen molar-refractivity contribution in [1.82, 2.24) is 0 Å². The summed E-state index contributed by atoms with van der Waals surface area (Å²) in [5.41, 5.74) is 0. The predicted molar refractivity (Wildman–Crippen MR) is 108 cm³/mol. The van der Waals surface area contributed by atoms with Crippen LogP contribution in [0.1, 0.15) is 27.2 Å². The minimum Gasteiger partial charge on any atom is -0.553 e. The highest BCUT2D eigenvalue weighted by atomic mass is 28.4. The number of rotatable bonds is 13. The predicted octanol–water partition coefficient (Wildman–Crippen LogP) is 2.19. The van der Waals surface area contributed by atoms with E-state index in [4.69, 9.17) is 27.2 Å². The van der Waals surface area contributed by atoms with Gasteiger partial charge in [0.25, 0.3) is 0 Å². The molecule has 26 heavy (non-hydrogen) atoms. The summed E-state index contributed by atoms with van der Waals surface area (Å²) >= 11 is 0. The second-order valence-corrected chi connectivity index (χ2v) is 8.77. The lowest BCUT2D eigenvalue weighted by Gasteiger charge is -2.28. The van der Waals surface area contributed by atoms with Crippen LogP contribution in [0, 0.1) is 0 Å². The Labute approximate surface area is 162 Å². The molecule has 1 aromatic rings. The summed E-state index contributed by atoms with van der Waals surface area (Å²) in [4.78, 5) is 0. The van der Waals surface area contributed by atoms with Crippen molar-refractivity contribution in [2.75, 3.05) is 39.6 Å². The van der Waals surface area contributed by atoms with E-state index >= 15 is 0 Å². The van der Waals surface area contributed by atoms with E-state index in [0.29, 0.717) is 39.1 Å². The summed E-state index contributed by atoms with van der Waals surface area (Å²) in [6.07, 6.45) is 1.23. The largest absolute Gasteiger partial charge is 0.553 e. The summed E-state index contributed by atoms with van der Waals surface area (Å²) in [5.74, 6) is 0.971. The van der Waals surface area contributed by atoms with Gasteiger partial charge < -0.3 is 27.2 Å². The number of benzene rings is 1. The highest BCUT2D eigenvalue weighted by Gasteiger charge is 2.39. The maximum absolute atomic E-state index is 5.76. The molecule has 2 rings (SSSR count). The zero-order chi connectivity index (χ0) is 19.1. The van der Waals surface area contributed by atoms with Gasteiger partial charge in [-0.05, 0) is 39.3 Å². The monoisotopic (exact) mass is 402 g/mol. The molecule has 1 fully saturated rings. The third-order valence-electron chi connectivity index (χ3n) is 3.55. The summed E-state index contributed by atoms with van der Waals surface area (Å²) in [6, 6.07) is 10.6. The number of hydrogen-bond donors (Lipinski definition) is 0. The van der Waals surface area contributed by atoms with Crippen molar-refractivity contribution in [3.05, 3.63) is 30.3 Å². The SMILES string of the molecule is CCO[Si](CCCOCC1CO1)(OCC)OCC.[SiH3]Oc1ccccc1. The first-order valence-electron chi connectivity index (χ1n) is 9.39. The molecule has 0 radical (unpaired) electrons. The van der Waals surface area contributed by atoms with E-state index in [1.165, 1.54) is 0 Å². The van der Waals surface area contributed by atoms with E-state index in [9.17, 15) is 0 Å². The van der Waals surface area contributed by atoms with Crippen LogP contribution in [0.25, 0.3) is 0 Å². The van der Waals surface area contributed by atoms with Crippen molar-refractivity contribution in [1.29, 1.82) is 0 Å². The van der Waals surface area contributed by atoms with Crippen LogP contribution in [-0.2, 0) is 22.8 Å². The Morgan fingerprint density at radius 2 is 1.62 bits per heavy atom. The topological polar surface area (TPSA) is 58.7 Å². The van der Waals surface area contributed by atoms with Gasteiger partial charge >= 0.3 is 8.80 Å². The molecule has 1 saturated heterocycles. The summed E-state index contributed by atoms with van der Waals surface area (Å²) in [6.45, 7) is 10.1. The third-order valence-corrected chi connectivity index (χ3v) is 7.17. The van der Waals surface area contributed by atoms with E-state index in [-0.39, 0.29) is 0 Å². The van der Waals surface area contributed by atoms with Crippen LogP contribution in [0.2, 0.25) is 6.04 Å². The van der Waals surface area contributed by atoms with Crippen LogP contribution >= 0.6 is 0 Å². The van der Waals surface area contributed by atoms with Gasteiger partial charge in [-0.3, -0.25) is 0 Å². The van der Waals surface area contributed by atoms with Crippen molar-refractivity contribution in [2.45, 2.75) is 39.3 Å². The van der Waals surface area contributed by atoms with Gasteiger partial charge in [-0.1, -0.05) is 18.2 Å². The van der Waals surface area contributed by atoms with Gasteiger partial charge in [0.05, 0.1) is 13.2 Å². The van der Waals surface area contributed by atoms with Crippen LogP contribution in [0.4, 0.5) is 0 Å². The van der Waals surface area contributed by atoms with Crippen LogP contribution in [0.3, 0.4) is 0 Å². The fourth-order valence-electron chi connectivity index (χ4n) is 2.33. The maximum atomic E-state index is 5.76. The number of para-hydroxylation sites is 1. The molecule has 0 aliphatic carbocycles. The van der Waals surface area contributed by atoms with Gasteiger partial charge in [0.15, 0.2) is 0 Å². The number of hydrogen-bond acceptors (Lipinski definition) is 6. The molecular weight excluding hydrogens is 368 g/mol. The minimum absolute atomic E-state index is 0.331.